The fourth-order valence-electron chi connectivity index (χ4n) is 3.13. The average molecular weight is 306 g/mol. The second-order valence-corrected chi connectivity index (χ2v) is 6.06. The van der Waals surface area contributed by atoms with Gasteiger partial charge in [-0.2, -0.15) is 0 Å². The molecule has 2 N–H and O–H groups in total. The van der Waals surface area contributed by atoms with E-state index in [1.54, 1.807) is 13.0 Å². The number of hydrogen-bond acceptors (Lipinski definition) is 5. The molecule has 0 spiro atoms. The number of aryl methyl sites for hydroxylation is 1. The van der Waals surface area contributed by atoms with Crippen LogP contribution in [0.15, 0.2) is 10.6 Å². The van der Waals surface area contributed by atoms with Gasteiger partial charge in [-0.15, -0.1) is 0 Å². The number of carbonyl (C=O) groups is 2. The molecule has 0 saturated carbocycles. The van der Waals surface area contributed by atoms with E-state index in [4.69, 9.17) is 4.52 Å². The number of likely N-dealkylation sites (tertiary alicyclic amines) is 1. The number of amides is 2. The van der Waals surface area contributed by atoms with Crippen LogP contribution in [0.3, 0.4) is 0 Å². The van der Waals surface area contributed by atoms with Crippen molar-refractivity contribution < 1.29 is 14.1 Å². The van der Waals surface area contributed by atoms with Crippen LogP contribution < -0.4 is 10.6 Å². The molecule has 2 saturated heterocycles. The highest BCUT2D eigenvalue weighted by molar-refractivity contribution is 5.92. The Morgan fingerprint density at radius 3 is 2.73 bits per heavy atom. The number of piperidine rings is 1. The second-order valence-electron chi connectivity index (χ2n) is 6.06. The standard InChI is InChI=1S/C15H22N4O3/c1-10-9-13(18-22-10)17-14(20)11-4-7-19(8-5-11)15(21)12-3-2-6-16-12/h9,11-12,16H,2-8H2,1H3,(H,17,18,20). The fourth-order valence-corrected chi connectivity index (χ4v) is 3.13. The number of aromatic nitrogens is 1. The fraction of sp³-hybridized carbons (Fsp3) is 0.667. The zero-order chi connectivity index (χ0) is 15.5. The van der Waals surface area contributed by atoms with Crippen LogP contribution in [0.4, 0.5) is 5.82 Å². The van der Waals surface area contributed by atoms with Gasteiger partial charge in [0.2, 0.25) is 11.8 Å². The molecular weight excluding hydrogens is 284 g/mol. The van der Waals surface area contributed by atoms with Gasteiger partial charge in [-0.05, 0) is 39.2 Å². The predicted octanol–water partition coefficient (Wildman–Crippen LogP) is 0.912. The molecule has 7 nitrogen and oxygen atoms in total. The summed E-state index contributed by atoms with van der Waals surface area (Å²) in [5.74, 6) is 1.19. The Kier molecular flexibility index (Phi) is 4.42. The molecule has 0 radical (unpaired) electrons. The van der Waals surface area contributed by atoms with Crippen LogP contribution in [-0.4, -0.2) is 47.5 Å². The summed E-state index contributed by atoms with van der Waals surface area (Å²) in [7, 11) is 0. The molecule has 1 atom stereocenters. The lowest BCUT2D eigenvalue weighted by atomic mass is 9.95. The number of anilines is 1. The Labute approximate surface area is 129 Å². The van der Waals surface area contributed by atoms with Crippen LogP contribution in [0.25, 0.3) is 0 Å². The first-order valence-corrected chi connectivity index (χ1v) is 7.90. The van der Waals surface area contributed by atoms with Crippen LogP contribution in [0.5, 0.6) is 0 Å². The van der Waals surface area contributed by atoms with Gasteiger partial charge in [-0.1, -0.05) is 5.16 Å². The van der Waals surface area contributed by atoms with Crippen LogP contribution in [0, 0.1) is 12.8 Å². The monoisotopic (exact) mass is 306 g/mol. The van der Waals surface area contributed by atoms with Crippen LogP contribution in [-0.2, 0) is 9.59 Å². The minimum absolute atomic E-state index is 0.0246. The van der Waals surface area contributed by atoms with Crippen molar-refractivity contribution in [3.63, 3.8) is 0 Å². The normalized spacial score (nSPS) is 22.8. The third-order valence-corrected chi connectivity index (χ3v) is 4.42. The smallest absolute Gasteiger partial charge is 0.239 e. The Morgan fingerprint density at radius 2 is 2.14 bits per heavy atom. The maximum Gasteiger partial charge on any atom is 0.239 e. The highest BCUT2D eigenvalue weighted by Crippen LogP contribution is 2.21. The summed E-state index contributed by atoms with van der Waals surface area (Å²) in [5.41, 5.74) is 0. The Bertz CT molecular complexity index is 543. The predicted molar refractivity (Wildman–Crippen MR) is 80.2 cm³/mol. The molecule has 22 heavy (non-hydrogen) atoms. The number of carbonyl (C=O) groups excluding carboxylic acids is 2. The average Bonchev–Trinajstić information content (AvgIpc) is 3.18. The number of rotatable bonds is 3. The van der Waals surface area contributed by atoms with Crippen molar-refractivity contribution >= 4 is 17.6 Å². The van der Waals surface area contributed by atoms with Crippen LogP contribution in [0.1, 0.15) is 31.4 Å². The maximum atomic E-state index is 12.3. The van der Waals surface area contributed by atoms with Crippen molar-refractivity contribution in [3.8, 4) is 0 Å². The lowest BCUT2D eigenvalue weighted by Gasteiger charge is -2.32. The summed E-state index contributed by atoms with van der Waals surface area (Å²) >= 11 is 0. The highest BCUT2D eigenvalue weighted by atomic mass is 16.5. The Balaban J connectivity index is 1.48. The largest absolute Gasteiger partial charge is 0.360 e. The van der Waals surface area contributed by atoms with Gasteiger partial charge < -0.3 is 20.1 Å². The van der Waals surface area contributed by atoms with Gasteiger partial charge >= 0.3 is 0 Å². The van der Waals surface area contributed by atoms with Crippen molar-refractivity contribution in [3.05, 3.63) is 11.8 Å². The first kappa shape index (κ1) is 15.0. The molecule has 0 bridgehead atoms. The lowest BCUT2D eigenvalue weighted by Crippen LogP contribution is -2.48. The van der Waals surface area contributed by atoms with E-state index in [1.807, 2.05) is 4.90 Å². The van der Waals surface area contributed by atoms with Gasteiger partial charge in [0, 0.05) is 25.1 Å². The number of nitrogens with one attached hydrogen (secondary N) is 2. The molecule has 2 fully saturated rings. The van der Waals surface area contributed by atoms with Gasteiger partial charge in [0.05, 0.1) is 6.04 Å². The van der Waals surface area contributed by atoms with Crippen molar-refractivity contribution in [1.29, 1.82) is 0 Å². The molecule has 0 aliphatic carbocycles. The zero-order valence-corrected chi connectivity index (χ0v) is 12.8. The van der Waals surface area contributed by atoms with Crippen molar-refractivity contribution in [2.75, 3.05) is 25.0 Å². The zero-order valence-electron chi connectivity index (χ0n) is 12.8. The maximum absolute atomic E-state index is 12.3. The summed E-state index contributed by atoms with van der Waals surface area (Å²) in [4.78, 5) is 26.4. The topological polar surface area (TPSA) is 87.5 Å². The van der Waals surface area contributed by atoms with Gasteiger partial charge in [0.15, 0.2) is 5.82 Å². The van der Waals surface area contributed by atoms with E-state index in [-0.39, 0.29) is 23.8 Å². The number of hydrogen-bond donors (Lipinski definition) is 2. The second kappa shape index (κ2) is 6.48. The van der Waals surface area contributed by atoms with E-state index in [0.717, 1.165) is 19.4 Å². The van der Waals surface area contributed by atoms with Crippen LogP contribution in [0.2, 0.25) is 0 Å². The van der Waals surface area contributed by atoms with Crippen molar-refractivity contribution in [2.45, 2.75) is 38.6 Å². The molecule has 3 heterocycles. The lowest BCUT2D eigenvalue weighted by molar-refractivity contribution is -0.136. The quantitative estimate of drug-likeness (QED) is 0.867. The molecule has 2 amide bonds. The van der Waals surface area contributed by atoms with Crippen molar-refractivity contribution in [1.82, 2.24) is 15.4 Å². The van der Waals surface area contributed by atoms with Gasteiger partial charge in [-0.3, -0.25) is 9.59 Å². The van der Waals surface area contributed by atoms with Crippen LogP contribution >= 0.6 is 0 Å². The van der Waals surface area contributed by atoms with E-state index in [2.05, 4.69) is 15.8 Å². The minimum Gasteiger partial charge on any atom is -0.360 e. The van der Waals surface area contributed by atoms with E-state index < -0.39 is 0 Å². The molecule has 3 rings (SSSR count). The summed E-state index contributed by atoms with van der Waals surface area (Å²) in [5, 5.41) is 9.77. The van der Waals surface area contributed by atoms with Gasteiger partial charge in [0.25, 0.3) is 0 Å². The number of nitrogens with zero attached hydrogens (tertiary/aromatic N) is 2. The molecule has 0 aromatic carbocycles. The summed E-state index contributed by atoms with van der Waals surface area (Å²) in [6, 6.07) is 1.67. The third-order valence-electron chi connectivity index (χ3n) is 4.42. The molecule has 2 aliphatic heterocycles. The highest BCUT2D eigenvalue weighted by Gasteiger charge is 2.32. The van der Waals surface area contributed by atoms with Crippen molar-refractivity contribution in [2.24, 2.45) is 5.92 Å². The molecule has 7 heteroatoms. The molecule has 1 aromatic heterocycles. The van der Waals surface area contributed by atoms with E-state index in [9.17, 15) is 9.59 Å². The van der Waals surface area contributed by atoms with E-state index >= 15 is 0 Å². The van der Waals surface area contributed by atoms with E-state index in [1.165, 1.54) is 0 Å². The SMILES string of the molecule is Cc1cc(NC(=O)C2CCN(C(=O)C3CCCN3)CC2)no1. The summed E-state index contributed by atoms with van der Waals surface area (Å²) in [6.45, 7) is 4.00. The molecular formula is C15H22N4O3. The Morgan fingerprint density at radius 1 is 1.36 bits per heavy atom. The first-order valence-electron chi connectivity index (χ1n) is 7.90. The van der Waals surface area contributed by atoms with Gasteiger partial charge in [-0.25, -0.2) is 0 Å². The summed E-state index contributed by atoms with van der Waals surface area (Å²) in [6.07, 6.45) is 3.37. The van der Waals surface area contributed by atoms with Gasteiger partial charge in [0.1, 0.15) is 5.76 Å². The first-order chi connectivity index (χ1) is 10.6. The summed E-state index contributed by atoms with van der Waals surface area (Å²) < 4.78 is 4.93. The molecule has 1 unspecified atom stereocenters. The van der Waals surface area contributed by atoms with E-state index in [0.29, 0.717) is 37.5 Å². The minimum atomic E-state index is -0.0717. The molecule has 1 aromatic rings. The Hall–Kier alpha value is -1.89. The molecule has 2 aliphatic rings. The third kappa shape index (κ3) is 3.30. The molecule has 120 valence electrons.